The van der Waals surface area contributed by atoms with Gasteiger partial charge < -0.3 is 10.8 Å². The molecule has 0 saturated carbocycles. The van der Waals surface area contributed by atoms with Gasteiger partial charge in [0.15, 0.2) is 0 Å². The maximum Gasteiger partial charge on any atom is 0.323 e. The molecule has 1 aromatic rings. The van der Waals surface area contributed by atoms with Gasteiger partial charge in [0.25, 0.3) is 0 Å². The third-order valence-electron chi connectivity index (χ3n) is 2.38. The van der Waals surface area contributed by atoms with Crippen LogP contribution in [0.1, 0.15) is 13.3 Å². The van der Waals surface area contributed by atoms with Crippen LogP contribution in [0.3, 0.4) is 0 Å². The van der Waals surface area contributed by atoms with Gasteiger partial charge in [0.1, 0.15) is 6.54 Å². The number of nitrogens with two attached hydrogens (primary N) is 1. The molecule has 1 amide bonds. The minimum absolute atomic E-state index is 0.374. The van der Waals surface area contributed by atoms with Crippen LogP contribution in [0.4, 0.5) is 5.69 Å². The van der Waals surface area contributed by atoms with Crippen molar-refractivity contribution in [1.82, 2.24) is 0 Å². The van der Waals surface area contributed by atoms with Crippen molar-refractivity contribution in [1.29, 1.82) is 0 Å². The lowest BCUT2D eigenvalue weighted by Gasteiger charge is -2.23. The third kappa shape index (κ3) is 3.57. The van der Waals surface area contributed by atoms with Crippen molar-refractivity contribution in [3.8, 4) is 0 Å². The Morgan fingerprint density at radius 3 is 2.41 bits per heavy atom. The van der Waals surface area contributed by atoms with Crippen molar-refractivity contribution in [3.63, 3.8) is 0 Å². The molecule has 0 aliphatic carbocycles. The van der Waals surface area contributed by atoms with Gasteiger partial charge in [0.2, 0.25) is 5.91 Å². The molecule has 0 spiro atoms. The lowest BCUT2D eigenvalue weighted by atomic mass is 10.2. The highest BCUT2D eigenvalue weighted by atomic mass is 16.4. The van der Waals surface area contributed by atoms with E-state index >= 15 is 0 Å². The molecule has 1 rings (SSSR count). The van der Waals surface area contributed by atoms with Crippen LogP contribution in [0.25, 0.3) is 0 Å². The summed E-state index contributed by atoms with van der Waals surface area (Å²) >= 11 is 0. The molecule has 0 bridgehead atoms. The number of carbonyl (C=O) groups is 2. The van der Waals surface area contributed by atoms with E-state index in [1.807, 2.05) is 0 Å². The zero-order valence-corrected chi connectivity index (χ0v) is 9.67. The smallest absolute Gasteiger partial charge is 0.323 e. The van der Waals surface area contributed by atoms with Crippen LogP contribution < -0.4 is 10.6 Å². The molecule has 5 heteroatoms. The molecule has 0 radical (unpaired) electrons. The normalized spacial score (nSPS) is 11.9. The van der Waals surface area contributed by atoms with Gasteiger partial charge in [-0.1, -0.05) is 25.1 Å². The number of amides is 1. The summed E-state index contributed by atoms with van der Waals surface area (Å²) < 4.78 is 0. The van der Waals surface area contributed by atoms with E-state index in [-0.39, 0.29) is 12.5 Å². The van der Waals surface area contributed by atoms with E-state index < -0.39 is 12.0 Å². The molecule has 0 aliphatic heterocycles. The van der Waals surface area contributed by atoms with E-state index in [2.05, 4.69) is 0 Å². The number of nitrogens with zero attached hydrogens (tertiary/aromatic N) is 1. The number of anilines is 1. The van der Waals surface area contributed by atoms with Crippen molar-refractivity contribution in [2.24, 2.45) is 5.73 Å². The summed E-state index contributed by atoms with van der Waals surface area (Å²) in [6, 6.07) is 7.98. The van der Waals surface area contributed by atoms with Crippen LogP contribution in [0.5, 0.6) is 0 Å². The number of para-hydroxylation sites is 1. The fraction of sp³-hybridized carbons (Fsp3) is 0.333. The highest BCUT2D eigenvalue weighted by Crippen LogP contribution is 2.14. The van der Waals surface area contributed by atoms with Gasteiger partial charge in [-0.3, -0.25) is 14.5 Å². The van der Waals surface area contributed by atoms with E-state index in [1.165, 1.54) is 4.90 Å². The second kappa shape index (κ2) is 6.00. The summed E-state index contributed by atoms with van der Waals surface area (Å²) in [7, 11) is 0. The van der Waals surface area contributed by atoms with E-state index in [0.29, 0.717) is 12.1 Å². The molecule has 3 N–H and O–H groups in total. The van der Waals surface area contributed by atoms with E-state index in [4.69, 9.17) is 10.8 Å². The average molecular weight is 236 g/mol. The first kappa shape index (κ1) is 13.2. The number of carbonyl (C=O) groups excluding carboxylic acids is 1. The number of rotatable bonds is 5. The highest BCUT2D eigenvalue weighted by molar-refractivity contribution is 6.00. The zero-order valence-electron chi connectivity index (χ0n) is 9.67. The number of hydrogen-bond donors (Lipinski definition) is 2. The largest absolute Gasteiger partial charge is 0.480 e. The van der Waals surface area contributed by atoms with Gasteiger partial charge in [0, 0.05) is 5.69 Å². The van der Waals surface area contributed by atoms with Crippen molar-refractivity contribution >= 4 is 17.6 Å². The summed E-state index contributed by atoms with van der Waals surface area (Å²) in [5.41, 5.74) is 6.19. The van der Waals surface area contributed by atoms with Crippen molar-refractivity contribution < 1.29 is 14.7 Å². The van der Waals surface area contributed by atoms with Crippen LogP contribution in [0.15, 0.2) is 30.3 Å². The lowest BCUT2D eigenvalue weighted by molar-refractivity contribution is -0.136. The molecule has 0 fully saturated rings. The predicted octanol–water partition coefficient (Wildman–Crippen LogP) is 0.842. The number of aliphatic carboxylic acids is 1. The maximum atomic E-state index is 11.9. The van der Waals surface area contributed by atoms with Crippen LogP contribution in [0.2, 0.25) is 0 Å². The minimum Gasteiger partial charge on any atom is -0.480 e. The van der Waals surface area contributed by atoms with Gasteiger partial charge in [-0.2, -0.15) is 0 Å². The fourth-order valence-corrected chi connectivity index (χ4v) is 1.41. The Kier molecular flexibility index (Phi) is 4.66. The van der Waals surface area contributed by atoms with Crippen molar-refractivity contribution in [2.45, 2.75) is 19.4 Å². The van der Waals surface area contributed by atoms with E-state index in [0.717, 1.165) is 0 Å². The second-order valence-corrected chi connectivity index (χ2v) is 3.67. The van der Waals surface area contributed by atoms with Gasteiger partial charge in [0.05, 0.1) is 6.04 Å². The Hall–Kier alpha value is -1.88. The molecule has 1 aromatic carbocycles. The molecule has 0 heterocycles. The first-order valence-corrected chi connectivity index (χ1v) is 5.40. The molecular formula is C12H16N2O3. The monoisotopic (exact) mass is 236 g/mol. The Labute approximate surface area is 99.8 Å². The predicted molar refractivity (Wildman–Crippen MR) is 64.7 cm³/mol. The summed E-state index contributed by atoms with van der Waals surface area (Å²) in [4.78, 5) is 23.9. The van der Waals surface area contributed by atoms with Crippen LogP contribution in [0, 0.1) is 0 Å². The van der Waals surface area contributed by atoms with Crippen LogP contribution >= 0.6 is 0 Å². The van der Waals surface area contributed by atoms with Crippen LogP contribution in [-0.4, -0.2) is 29.6 Å². The number of hydrogen-bond acceptors (Lipinski definition) is 3. The molecule has 0 unspecified atom stereocenters. The first-order chi connectivity index (χ1) is 8.06. The topological polar surface area (TPSA) is 83.6 Å². The lowest BCUT2D eigenvalue weighted by Crippen LogP contribution is -2.45. The second-order valence-electron chi connectivity index (χ2n) is 3.67. The van der Waals surface area contributed by atoms with E-state index in [9.17, 15) is 9.59 Å². The molecule has 0 aliphatic rings. The molecule has 17 heavy (non-hydrogen) atoms. The van der Waals surface area contributed by atoms with Gasteiger partial charge >= 0.3 is 5.97 Å². The third-order valence-corrected chi connectivity index (χ3v) is 2.38. The van der Waals surface area contributed by atoms with Crippen molar-refractivity contribution in [2.75, 3.05) is 11.4 Å². The van der Waals surface area contributed by atoms with E-state index in [1.54, 1.807) is 37.3 Å². The molecule has 5 nitrogen and oxygen atoms in total. The Bertz CT molecular complexity index is 392. The first-order valence-electron chi connectivity index (χ1n) is 5.40. The molecule has 92 valence electrons. The Balaban J connectivity index is 2.96. The van der Waals surface area contributed by atoms with Crippen LogP contribution in [-0.2, 0) is 9.59 Å². The minimum atomic E-state index is -1.06. The van der Waals surface area contributed by atoms with Gasteiger partial charge in [-0.25, -0.2) is 0 Å². The Morgan fingerprint density at radius 1 is 1.35 bits per heavy atom. The SMILES string of the molecule is CC[C@H](N)C(=O)N(CC(=O)O)c1ccccc1. The quantitative estimate of drug-likeness (QED) is 0.793. The van der Waals surface area contributed by atoms with Gasteiger partial charge in [-0.05, 0) is 18.6 Å². The molecular weight excluding hydrogens is 220 g/mol. The Morgan fingerprint density at radius 2 is 1.94 bits per heavy atom. The van der Waals surface area contributed by atoms with Crippen molar-refractivity contribution in [3.05, 3.63) is 30.3 Å². The zero-order chi connectivity index (χ0) is 12.8. The summed E-state index contributed by atoms with van der Waals surface area (Å²) in [6.07, 6.45) is 0.474. The standard InChI is InChI=1S/C12H16N2O3/c1-2-10(13)12(17)14(8-11(15)16)9-6-4-3-5-7-9/h3-7,10H,2,8,13H2,1H3,(H,15,16)/t10-/m0/s1. The fourth-order valence-electron chi connectivity index (χ4n) is 1.41. The number of benzene rings is 1. The number of carboxylic acid groups (broad SMARTS) is 1. The molecule has 0 saturated heterocycles. The summed E-state index contributed by atoms with van der Waals surface area (Å²) in [5, 5.41) is 8.81. The molecule has 1 atom stereocenters. The average Bonchev–Trinajstić information content (AvgIpc) is 2.35. The summed E-state index contributed by atoms with van der Waals surface area (Å²) in [6.45, 7) is 1.41. The number of carboxylic acids is 1. The van der Waals surface area contributed by atoms with Gasteiger partial charge in [-0.15, -0.1) is 0 Å². The summed E-state index contributed by atoms with van der Waals surface area (Å²) in [5.74, 6) is -1.44. The molecule has 0 aromatic heterocycles. The highest BCUT2D eigenvalue weighted by Gasteiger charge is 2.22. The maximum absolute atomic E-state index is 11.9.